The summed E-state index contributed by atoms with van der Waals surface area (Å²) in [5, 5.41) is 0.697. The number of ether oxygens (including phenoxy) is 3. The summed E-state index contributed by atoms with van der Waals surface area (Å²) < 4.78 is 18.8. The van der Waals surface area contributed by atoms with Gasteiger partial charge < -0.3 is 18.8 Å². The Labute approximate surface area is 256 Å². The number of hydrogen-bond donors (Lipinski definition) is 0. The fraction of sp³-hybridized carbons (Fsp3) is 0.229. The largest absolute Gasteiger partial charge is 0.493 e. The third-order valence-corrected chi connectivity index (χ3v) is 7.87. The van der Waals surface area contributed by atoms with Crippen molar-refractivity contribution in [3.8, 4) is 22.8 Å². The number of pyridine rings is 1. The van der Waals surface area contributed by atoms with Crippen molar-refractivity contribution in [3.05, 3.63) is 136 Å². The van der Waals surface area contributed by atoms with Crippen LogP contribution in [0.3, 0.4) is 0 Å². The van der Waals surface area contributed by atoms with Gasteiger partial charge in [-0.3, -0.25) is 4.79 Å². The monoisotopic (exact) mass is 593 g/mol. The van der Waals surface area contributed by atoms with Crippen LogP contribution in [0, 0.1) is 6.92 Å². The van der Waals surface area contributed by atoms with E-state index in [0.717, 1.165) is 45.8 Å². The second-order valence-electron chi connectivity index (χ2n) is 10.1. The minimum absolute atomic E-state index is 0.0432. The molecule has 0 saturated carbocycles. The van der Waals surface area contributed by atoms with Crippen LogP contribution in [-0.4, -0.2) is 34.5 Å². The van der Waals surface area contributed by atoms with Crippen molar-refractivity contribution >= 4 is 11.8 Å². The summed E-state index contributed by atoms with van der Waals surface area (Å²) in [5.74, 6) is 2.06. The van der Waals surface area contributed by atoms with Gasteiger partial charge in [0.2, 0.25) is 0 Å². The number of rotatable bonds is 13. The van der Waals surface area contributed by atoms with Gasteiger partial charge in [-0.05, 0) is 54.3 Å². The van der Waals surface area contributed by atoms with Crippen LogP contribution >= 0.6 is 11.8 Å². The first-order valence-corrected chi connectivity index (χ1v) is 15.1. The molecule has 0 aliphatic rings. The first-order chi connectivity index (χ1) is 21.0. The number of benzene rings is 3. The first kappa shape index (κ1) is 30.1. The first-order valence-electron chi connectivity index (χ1n) is 14.1. The maximum atomic E-state index is 12.7. The van der Waals surface area contributed by atoms with Crippen LogP contribution in [0.2, 0.25) is 0 Å². The molecular formula is C35H35N3O4S. The summed E-state index contributed by atoms with van der Waals surface area (Å²) in [7, 11) is 3.20. The minimum atomic E-state index is -0.0960. The summed E-state index contributed by atoms with van der Waals surface area (Å²) in [6.45, 7) is 2.91. The maximum Gasteiger partial charge on any atom is 0.250 e. The van der Waals surface area contributed by atoms with E-state index in [4.69, 9.17) is 19.2 Å². The van der Waals surface area contributed by atoms with Crippen LogP contribution in [0.15, 0.2) is 113 Å². The lowest BCUT2D eigenvalue weighted by Gasteiger charge is -2.18. The van der Waals surface area contributed by atoms with E-state index in [1.165, 1.54) is 0 Å². The molecule has 0 aliphatic carbocycles. The van der Waals surface area contributed by atoms with Crippen molar-refractivity contribution in [3.63, 3.8) is 0 Å². The fourth-order valence-corrected chi connectivity index (χ4v) is 5.66. The second-order valence-corrected chi connectivity index (χ2v) is 11.1. The lowest BCUT2D eigenvalue weighted by Crippen LogP contribution is -2.19. The van der Waals surface area contributed by atoms with Crippen LogP contribution < -0.4 is 15.0 Å². The van der Waals surface area contributed by atoms with Gasteiger partial charge in [0.25, 0.3) is 5.56 Å². The molecule has 1 unspecified atom stereocenters. The highest BCUT2D eigenvalue weighted by molar-refractivity contribution is 7.99. The Morgan fingerprint density at radius 3 is 2.30 bits per heavy atom. The van der Waals surface area contributed by atoms with Gasteiger partial charge in [-0.1, -0.05) is 78.5 Å². The van der Waals surface area contributed by atoms with Crippen LogP contribution in [-0.2, 0) is 17.9 Å². The Kier molecular flexibility index (Phi) is 10.3. The molecule has 0 saturated heterocycles. The summed E-state index contributed by atoms with van der Waals surface area (Å²) in [6, 6.07) is 31.5. The molecule has 8 heteroatoms. The van der Waals surface area contributed by atoms with Gasteiger partial charge in [0.15, 0.2) is 16.7 Å². The third kappa shape index (κ3) is 8.12. The van der Waals surface area contributed by atoms with Gasteiger partial charge in [-0.15, -0.1) is 0 Å². The normalized spacial score (nSPS) is 11.7. The summed E-state index contributed by atoms with van der Waals surface area (Å²) in [6.07, 6.45) is 2.61. The zero-order valence-electron chi connectivity index (χ0n) is 24.6. The average Bonchev–Trinajstić information content (AvgIpc) is 3.04. The predicted molar refractivity (Wildman–Crippen MR) is 171 cm³/mol. The summed E-state index contributed by atoms with van der Waals surface area (Å²) >= 11 is 1.61. The van der Waals surface area contributed by atoms with E-state index in [-0.39, 0.29) is 11.7 Å². The molecule has 3 aromatic carbocycles. The van der Waals surface area contributed by atoms with E-state index < -0.39 is 0 Å². The zero-order chi connectivity index (χ0) is 30.0. The Hall–Kier alpha value is -4.40. The van der Waals surface area contributed by atoms with E-state index in [1.807, 2.05) is 79.9 Å². The van der Waals surface area contributed by atoms with E-state index in [1.54, 1.807) is 36.6 Å². The van der Waals surface area contributed by atoms with E-state index in [9.17, 15) is 4.79 Å². The standard InChI is InChI=1S/C35H35N3O4S/c1-25-20-30(29-15-17-34(39)38(23-29)22-27-14-16-32(40-2)33(21-27)41-3)37-35(36-25)43-19-18-31(28-12-8-5-9-13-28)42-24-26-10-6-4-7-11-26/h4-17,20-21,23,31H,18-19,22,24H2,1-3H3. The highest BCUT2D eigenvalue weighted by atomic mass is 32.2. The molecule has 43 heavy (non-hydrogen) atoms. The molecule has 2 heterocycles. The molecule has 0 N–H and O–H groups in total. The molecule has 1 atom stereocenters. The van der Waals surface area contributed by atoms with E-state index in [2.05, 4.69) is 29.2 Å². The average molecular weight is 594 g/mol. The molecule has 2 aromatic heterocycles. The minimum Gasteiger partial charge on any atom is -0.493 e. The summed E-state index contributed by atoms with van der Waals surface area (Å²) in [5.41, 5.74) is 5.62. The van der Waals surface area contributed by atoms with Gasteiger partial charge in [-0.25, -0.2) is 9.97 Å². The SMILES string of the molecule is COc1ccc(Cn2cc(-c3cc(C)nc(SCCC(OCc4ccccc4)c4ccccc4)n3)ccc2=O)cc1OC. The van der Waals surface area contributed by atoms with Gasteiger partial charge in [0, 0.05) is 29.3 Å². The van der Waals surface area contributed by atoms with Crippen molar-refractivity contribution in [2.24, 2.45) is 0 Å². The van der Waals surface area contributed by atoms with Gasteiger partial charge in [0.05, 0.1) is 39.2 Å². The number of hydrogen-bond acceptors (Lipinski definition) is 7. The third-order valence-electron chi connectivity index (χ3n) is 6.99. The number of aromatic nitrogens is 3. The molecule has 0 amide bonds. The van der Waals surface area contributed by atoms with Crippen molar-refractivity contribution in [2.75, 3.05) is 20.0 Å². The van der Waals surface area contributed by atoms with E-state index >= 15 is 0 Å². The van der Waals surface area contributed by atoms with Crippen LogP contribution in [0.5, 0.6) is 11.5 Å². The lowest BCUT2D eigenvalue weighted by molar-refractivity contribution is 0.0379. The molecule has 0 spiro atoms. The highest BCUT2D eigenvalue weighted by Crippen LogP contribution is 2.29. The lowest BCUT2D eigenvalue weighted by atomic mass is 10.1. The Morgan fingerprint density at radius 2 is 1.56 bits per heavy atom. The maximum absolute atomic E-state index is 12.7. The Balaban J connectivity index is 1.29. The molecule has 5 rings (SSSR count). The Bertz CT molecular complexity index is 1690. The quantitative estimate of drug-likeness (QED) is 0.106. The van der Waals surface area contributed by atoms with E-state index in [0.29, 0.717) is 29.8 Å². The molecule has 0 fully saturated rings. The zero-order valence-corrected chi connectivity index (χ0v) is 25.4. The smallest absolute Gasteiger partial charge is 0.250 e. The molecule has 0 radical (unpaired) electrons. The van der Waals surface area contributed by atoms with Crippen molar-refractivity contribution in [1.29, 1.82) is 0 Å². The van der Waals surface area contributed by atoms with Crippen molar-refractivity contribution in [2.45, 2.75) is 37.8 Å². The van der Waals surface area contributed by atoms with Crippen LogP contribution in [0.1, 0.15) is 34.9 Å². The van der Waals surface area contributed by atoms with Gasteiger partial charge in [0.1, 0.15) is 0 Å². The van der Waals surface area contributed by atoms with Gasteiger partial charge >= 0.3 is 0 Å². The number of nitrogens with zero attached hydrogens (tertiary/aromatic N) is 3. The molecule has 5 aromatic rings. The van der Waals surface area contributed by atoms with Crippen LogP contribution in [0.4, 0.5) is 0 Å². The van der Waals surface area contributed by atoms with Crippen molar-refractivity contribution in [1.82, 2.24) is 14.5 Å². The second kappa shape index (κ2) is 14.7. The molecule has 0 bridgehead atoms. The number of methoxy groups -OCH3 is 2. The molecule has 220 valence electrons. The molecule has 7 nitrogen and oxygen atoms in total. The number of aryl methyl sites for hydroxylation is 1. The fourth-order valence-electron chi connectivity index (χ4n) is 4.78. The van der Waals surface area contributed by atoms with Crippen molar-refractivity contribution < 1.29 is 14.2 Å². The molecule has 0 aliphatic heterocycles. The number of thioether (sulfide) groups is 1. The van der Waals surface area contributed by atoms with Gasteiger partial charge in [-0.2, -0.15) is 0 Å². The summed E-state index contributed by atoms with van der Waals surface area (Å²) in [4.78, 5) is 22.3. The Morgan fingerprint density at radius 1 is 0.814 bits per heavy atom. The molecular weight excluding hydrogens is 558 g/mol. The topological polar surface area (TPSA) is 75.5 Å². The van der Waals surface area contributed by atoms with Crippen LogP contribution in [0.25, 0.3) is 11.3 Å². The highest BCUT2D eigenvalue weighted by Gasteiger charge is 2.14. The predicted octanol–water partition coefficient (Wildman–Crippen LogP) is 7.12.